The Balaban J connectivity index is 1.60. The normalized spacial score (nSPS) is 15.5. The number of hydrogen-bond donors (Lipinski definition) is 1. The molecule has 0 saturated carbocycles. The van der Waals surface area contributed by atoms with Gasteiger partial charge in [0.1, 0.15) is 11.8 Å². The first kappa shape index (κ1) is 20.7. The van der Waals surface area contributed by atoms with E-state index in [0.717, 1.165) is 12.8 Å². The van der Waals surface area contributed by atoms with Crippen LogP contribution in [0.25, 0.3) is 0 Å². The molecule has 0 fully saturated rings. The van der Waals surface area contributed by atoms with Gasteiger partial charge in [-0.1, -0.05) is 24.9 Å². The lowest BCUT2D eigenvalue weighted by Crippen LogP contribution is -2.52. The van der Waals surface area contributed by atoms with Crippen molar-refractivity contribution < 1.29 is 14.3 Å². The summed E-state index contributed by atoms with van der Waals surface area (Å²) in [6, 6.07) is 8.39. The molecule has 0 spiro atoms. The summed E-state index contributed by atoms with van der Waals surface area (Å²) in [5.74, 6) is 0.243. The highest BCUT2D eigenvalue weighted by Crippen LogP contribution is 2.24. The summed E-state index contributed by atoms with van der Waals surface area (Å²) >= 11 is 7.61. The van der Waals surface area contributed by atoms with Crippen molar-refractivity contribution in [2.24, 2.45) is 0 Å². The van der Waals surface area contributed by atoms with Crippen molar-refractivity contribution in [2.75, 3.05) is 6.54 Å². The van der Waals surface area contributed by atoms with Crippen molar-refractivity contribution in [3.63, 3.8) is 0 Å². The number of benzene rings is 1. The molecule has 150 valence electrons. The van der Waals surface area contributed by atoms with E-state index in [1.165, 1.54) is 10.4 Å². The third-order valence-corrected chi connectivity index (χ3v) is 6.08. The average molecular weight is 421 g/mol. The molecule has 1 N–H and O–H groups in total. The van der Waals surface area contributed by atoms with Gasteiger partial charge in [-0.2, -0.15) is 0 Å². The lowest BCUT2D eigenvalue weighted by molar-refractivity contribution is -0.139. The molecule has 3 rings (SSSR count). The smallest absolute Gasteiger partial charge is 0.261 e. The fraction of sp³-hybridized carbons (Fsp3) is 0.429. The average Bonchev–Trinajstić information content (AvgIpc) is 3.16. The number of ether oxygens (including phenoxy) is 1. The molecule has 1 aromatic heterocycles. The molecule has 28 heavy (non-hydrogen) atoms. The fourth-order valence-corrected chi connectivity index (χ4v) is 4.28. The van der Waals surface area contributed by atoms with Gasteiger partial charge in [0.25, 0.3) is 5.91 Å². The van der Waals surface area contributed by atoms with Crippen molar-refractivity contribution in [1.29, 1.82) is 0 Å². The third-order valence-electron chi connectivity index (χ3n) is 4.81. The van der Waals surface area contributed by atoms with Crippen LogP contribution in [-0.4, -0.2) is 35.4 Å². The second-order valence-corrected chi connectivity index (χ2v) is 8.38. The van der Waals surface area contributed by atoms with Crippen LogP contribution >= 0.6 is 22.9 Å². The first-order valence-corrected chi connectivity index (χ1v) is 10.8. The Kier molecular flexibility index (Phi) is 6.97. The number of nitrogens with one attached hydrogen (secondary N) is 1. The summed E-state index contributed by atoms with van der Waals surface area (Å²) in [6.45, 7) is 4.99. The van der Waals surface area contributed by atoms with Crippen molar-refractivity contribution in [2.45, 2.75) is 51.8 Å². The Labute approximate surface area is 174 Å². The number of thiophene rings is 1. The van der Waals surface area contributed by atoms with E-state index in [4.69, 9.17) is 16.3 Å². The van der Waals surface area contributed by atoms with Gasteiger partial charge in [-0.3, -0.25) is 9.59 Å². The Morgan fingerprint density at radius 2 is 2.04 bits per heavy atom. The second kappa shape index (κ2) is 9.43. The van der Waals surface area contributed by atoms with E-state index >= 15 is 0 Å². The third kappa shape index (κ3) is 5.06. The topological polar surface area (TPSA) is 58.6 Å². The number of nitrogens with zero attached hydrogens (tertiary/aromatic N) is 1. The summed E-state index contributed by atoms with van der Waals surface area (Å²) in [6.07, 6.45) is 1.58. The van der Waals surface area contributed by atoms with Crippen molar-refractivity contribution in [3.8, 4) is 5.75 Å². The number of carbonyl (C=O) groups is 2. The van der Waals surface area contributed by atoms with Gasteiger partial charge in [-0.15, -0.1) is 11.3 Å². The zero-order valence-corrected chi connectivity index (χ0v) is 17.7. The van der Waals surface area contributed by atoms with E-state index in [0.29, 0.717) is 30.3 Å². The number of rotatable bonds is 7. The summed E-state index contributed by atoms with van der Waals surface area (Å²) < 4.78 is 5.68. The minimum Gasteiger partial charge on any atom is -0.481 e. The Hall–Kier alpha value is -2.05. The molecule has 1 aliphatic heterocycles. The van der Waals surface area contributed by atoms with Crippen LogP contribution in [0.3, 0.4) is 0 Å². The predicted octanol–water partition coefficient (Wildman–Crippen LogP) is 4.04. The molecule has 7 heteroatoms. The lowest BCUT2D eigenvalue weighted by atomic mass is 10.1. The molecular formula is C21H25ClN2O3S. The van der Waals surface area contributed by atoms with Crippen LogP contribution in [0.1, 0.15) is 37.1 Å². The van der Waals surface area contributed by atoms with Crippen molar-refractivity contribution in [3.05, 3.63) is 51.2 Å². The molecule has 0 radical (unpaired) electrons. The van der Waals surface area contributed by atoms with E-state index < -0.39 is 12.1 Å². The van der Waals surface area contributed by atoms with Gasteiger partial charge in [0.15, 0.2) is 6.10 Å². The van der Waals surface area contributed by atoms with E-state index in [2.05, 4.69) is 16.8 Å². The van der Waals surface area contributed by atoms with Gasteiger partial charge >= 0.3 is 0 Å². The van der Waals surface area contributed by atoms with Crippen molar-refractivity contribution >= 4 is 34.8 Å². The maximum absolute atomic E-state index is 13.0. The van der Waals surface area contributed by atoms with Gasteiger partial charge in [0.2, 0.25) is 5.91 Å². The molecule has 2 unspecified atom stereocenters. The van der Waals surface area contributed by atoms with Crippen LogP contribution in [0.4, 0.5) is 0 Å². The molecule has 0 bridgehead atoms. The molecule has 2 heterocycles. The molecule has 1 aliphatic rings. The summed E-state index contributed by atoms with van der Waals surface area (Å²) in [5.41, 5.74) is 1.21. The van der Waals surface area contributed by atoms with Crippen LogP contribution in [0.5, 0.6) is 5.75 Å². The highest BCUT2D eigenvalue weighted by molar-refractivity contribution is 7.10. The zero-order valence-electron chi connectivity index (χ0n) is 16.1. The largest absolute Gasteiger partial charge is 0.481 e. The number of amides is 2. The van der Waals surface area contributed by atoms with Crippen LogP contribution in [-0.2, 0) is 22.6 Å². The molecule has 2 amide bonds. The number of halogens is 1. The molecular weight excluding hydrogens is 396 g/mol. The summed E-state index contributed by atoms with van der Waals surface area (Å²) in [4.78, 5) is 28.8. The number of hydrogen-bond acceptors (Lipinski definition) is 4. The zero-order chi connectivity index (χ0) is 20.1. The minimum absolute atomic E-state index is 0.0225. The second-order valence-electron chi connectivity index (χ2n) is 6.94. The molecule has 0 aliphatic carbocycles. The minimum atomic E-state index is -0.710. The van der Waals surface area contributed by atoms with Gasteiger partial charge in [0, 0.05) is 23.0 Å². The van der Waals surface area contributed by atoms with Crippen LogP contribution in [0, 0.1) is 0 Å². The predicted molar refractivity (Wildman–Crippen MR) is 112 cm³/mol. The maximum Gasteiger partial charge on any atom is 0.261 e. The molecule has 2 aromatic rings. The lowest BCUT2D eigenvalue weighted by Gasteiger charge is -2.31. The van der Waals surface area contributed by atoms with Crippen LogP contribution in [0.15, 0.2) is 35.7 Å². The molecule has 1 aromatic carbocycles. The standard InChI is InChI=1S/C21H25ClN2O3S/c1-3-4-18(21(26)24-11-9-19-15(13-24)10-12-28-19)23-20(25)14(2)27-17-7-5-16(22)6-8-17/h5-8,10,12,14,18H,3-4,9,11,13H2,1-2H3,(H,23,25). The van der Waals surface area contributed by atoms with Gasteiger partial charge < -0.3 is 15.0 Å². The fourth-order valence-electron chi connectivity index (χ4n) is 3.26. The summed E-state index contributed by atoms with van der Waals surface area (Å²) in [5, 5.41) is 5.56. The Morgan fingerprint density at radius 3 is 2.75 bits per heavy atom. The number of carbonyl (C=O) groups excluding carboxylic acids is 2. The van der Waals surface area contributed by atoms with E-state index in [9.17, 15) is 9.59 Å². The monoisotopic (exact) mass is 420 g/mol. The summed E-state index contributed by atoms with van der Waals surface area (Å²) in [7, 11) is 0. The quantitative estimate of drug-likeness (QED) is 0.735. The SMILES string of the molecule is CCCC(NC(=O)C(C)Oc1ccc(Cl)cc1)C(=O)N1CCc2sccc2C1. The molecule has 0 saturated heterocycles. The van der Waals surface area contributed by atoms with E-state index in [1.807, 2.05) is 11.8 Å². The van der Waals surface area contributed by atoms with E-state index in [-0.39, 0.29) is 11.8 Å². The number of fused-ring (bicyclic) bond motifs is 1. The van der Waals surface area contributed by atoms with Crippen molar-refractivity contribution in [1.82, 2.24) is 10.2 Å². The van der Waals surface area contributed by atoms with Gasteiger partial charge in [0.05, 0.1) is 0 Å². The first-order chi connectivity index (χ1) is 13.5. The highest BCUT2D eigenvalue weighted by Gasteiger charge is 2.29. The van der Waals surface area contributed by atoms with Crippen LogP contribution in [0.2, 0.25) is 5.02 Å². The molecule has 2 atom stereocenters. The van der Waals surface area contributed by atoms with Crippen LogP contribution < -0.4 is 10.1 Å². The van der Waals surface area contributed by atoms with Gasteiger partial charge in [-0.05, 0) is 61.0 Å². The van der Waals surface area contributed by atoms with Gasteiger partial charge in [-0.25, -0.2) is 0 Å². The highest BCUT2D eigenvalue weighted by atomic mass is 35.5. The van der Waals surface area contributed by atoms with E-state index in [1.54, 1.807) is 42.5 Å². The molecule has 5 nitrogen and oxygen atoms in total. The first-order valence-electron chi connectivity index (χ1n) is 9.54. The maximum atomic E-state index is 13.0. The Bertz CT molecular complexity index is 821. The Morgan fingerprint density at radius 1 is 1.29 bits per heavy atom.